The van der Waals surface area contributed by atoms with Crippen molar-refractivity contribution >= 4 is 29.0 Å². The largest absolute Gasteiger partial charge is 0.345 e. The van der Waals surface area contributed by atoms with Crippen LogP contribution in [0.2, 0.25) is 10.0 Å². The molecular formula is C21H15Cl2N7O. The Morgan fingerprint density at radius 2 is 1.97 bits per heavy atom. The number of H-pyrrole nitrogens is 1. The first kappa shape index (κ1) is 20.6. The minimum Gasteiger partial charge on any atom is -0.345 e. The molecule has 0 aliphatic rings. The van der Waals surface area contributed by atoms with Crippen LogP contribution in [-0.2, 0) is 0 Å². The average Bonchev–Trinajstić information content (AvgIpc) is 3.32. The summed E-state index contributed by atoms with van der Waals surface area (Å²) in [6.45, 7) is 2.37. The summed E-state index contributed by atoms with van der Waals surface area (Å²) in [7, 11) is 0. The monoisotopic (exact) mass is 451 g/mol. The van der Waals surface area contributed by atoms with E-state index in [1.807, 2.05) is 13.0 Å². The molecule has 3 heterocycles. The summed E-state index contributed by atoms with van der Waals surface area (Å²) in [6, 6.07) is 10.6. The summed E-state index contributed by atoms with van der Waals surface area (Å²) in [6.07, 6.45) is 6.44. The van der Waals surface area contributed by atoms with E-state index >= 15 is 0 Å². The molecule has 4 aromatic rings. The van der Waals surface area contributed by atoms with Gasteiger partial charge in [0.15, 0.2) is 5.82 Å². The lowest BCUT2D eigenvalue weighted by Gasteiger charge is -2.20. The van der Waals surface area contributed by atoms with Gasteiger partial charge in [0.2, 0.25) is 0 Å². The summed E-state index contributed by atoms with van der Waals surface area (Å²) in [4.78, 5) is 26.4. The predicted molar refractivity (Wildman–Crippen MR) is 118 cm³/mol. The molecule has 0 aliphatic heterocycles. The number of halogens is 2. The number of rotatable bonds is 6. The first-order valence-electron chi connectivity index (χ1n) is 9.23. The van der Waals surface area contributed by atoms with Crippen molar-refractivity contribution in [1.29, 1.82) is 5.26 Å². The Morgan fingerprint density at radius 3 is 2.61 bits per heavy atom. The number of aromatic amines is 1. The third-order valence-electron chi connectivity index (χ3n) is 4.32. The highest BCUT2D eigenvalue weighted by Gasteiger charge is 2.18. The highest BCUT2D eigenvalue weighted by molar-refractivity contribution is 6.36. The van der Waals surface area contributed by atoms with Crippen molar-refractivity contribution in [2.24, 2.45) is 0 Å². The molecule has 1 aromatic carbocycles. The van der Waals surface area contributed by atoms with Gasteiger partial charge in [-0.2, -0.15) is 15.3 Å². The van der Waals surface area contributed by atoms with E-state index in [1.54, 1.807) is 48.9 Å². The zero-order valence-corrected chi connectivity index (χ0v) is 17.8. The van der Waals surface area contributed by atoms with Gasteiger partial charge in [0.1, 0.15) is 11.9 Å². The molecule has 1 N–H and O–H groups in total. The lowest BCUT2D eigenvalue weighted by atomic mass is 10.1. The average molecular weight is 452 g/mol. The van der Waals surface area contributed by atoms with Crippen LogP contribution in [0.25, 0.3) is 22.6 Å². The molecular weight excluding hydrogens is 437 g/mol. The van der Waals surface area contributed by atoms with E-state index in [0.29, 0.717) is 50.6 Å². The highest BCUT2D eigenvalue weighted by atomic mass is 35.5. The number of pyridine rings is 1. The van der Waals surface area contributed by atoms with Crippen LogP contribution in [0.1, 0.15) is 12.5 Å². The molecule has 0 amide bonds. The van der Waals surface area contributed by atoms with Crippen molar-refractivity contribution in [2.45, 2.75) is 6.92 Å². The molecule has 0 bridgehead atoms. The van der Waals surface area contributed by atoms with E-state index in [4.69, 9.17) is 33.3 Å². The maximum atomic E-state index is 8.96. The van der Waals surface area contributed by atoms with Gasteiger partial charge in [-0.1, -0.05) is 23.2 Å². The van der Waals surface area contributed by atoms with E-state index in [2.05, 4.69) is 24.9 Å². The quantitative estimate of drug-likeness (QED) is 0.414. The summed E-state index contributed by atoms with van der Waals surface area (Å²) < 4.78 is 0. The second-order valence-corrected chi connectivity index (χ2v) is 7.12. The molecule has 3 aromatic heterocycles. The predicted octanol–water partition coefficient (Wildman–Crippen LogP) is 4.93. The Kier molecular flexibility index (Phi) is 5.98. The number of benzene rings is 1. The van der Waals surface area contributed by atoms with E-state index in [0.717, 1.165) is 0 Å². The molecule has 0 atom stereocenters. The molecule has 31 heavy (non-hydrogen) atoms. The maximum Gasteiger partial charge on any atom is 0.343 e. The van der Waals surface area contributed by atoms with Crippen molar-refractivity contribution in [1.82, 2.24) is 24.9 Å². The number of hydrogen-bond donors (Lipinski definition) is 1. The SMILES string of the molecule is CCN(Oc1ncc(-c2ncc[nH]2)c(-c2ccc(Cl)cc2Cl)n1)c1ccc(C#N)cn1. The van der Waals surface area contributed by atoms with Gasteiger partial charge in [-0.05, 0) is 37.3 Å². The molecule has 0 aliphatic carbocycles. The Hall–Kier alpha value is -3.67. The fourth-order valence-corrected chi connectivity index (χ4v) is 3.35. The van der Waals surface area contributed by atoms with Crippen LogP contribution in [0, 0.1) is 11.3 Å². The first-order chi connectivity index (χ1) is 15.1. The Bertz CT molecular complexity index is 1240. The third-order valence-corrected chi connectivity index (χ3v) is 4.87. The first-order valence-corrected chi connectivity index (χ1v) is 9.98. The van der Waals surface area contributed by atoms with Crippen LogP contribution >= 0.6 is 23.2 Å². The topological polar surface area (TPSA) is 104 Å². The van der Waals surface area contributed by atoms with Crippen LogP contribution < -0.4 is 9.90 Å². The van der Waals surface area contributed by atoms with Crippen molar-refractivity contribution in [3.05, 3.63) is 70.7 Å². The summed E-state index contributed by atoms with van der Waals surface area (Å²) in [5, 5.41) is 11.4. The van der Waals surface area contributed by atoms with Crippen molar-refractivity contribution in [2.75, 3.05) is 11.6 Å². The minimum atomic E-state index is 0.101. The number of anilines is 1. The fourth-order valence-electron chi connectivity index (χ4n) is 2.85. The second-order valence-electron chi connectivity index (χ2n) is 6.28. The fraction of sp³-hybridized carbons (Fsp3) is 0.0952. The highest BCUT2D eigenvalue weighted by Crippen LogP contribution is 2.35. The van der Waals surface area contributed by atoms with Gasteiger partial charge in [-0.25, -0.2) is 15.0 Å². The summed E-state index contributed by atoms with van der Waals surface area (Å²) >= 11 is 12.5. The van der Waals surface area contributed by atoms with Gasteiger partial charge in [-0.3, -0.25) is 0 Å². The van der Waals surface area contributed by atoms with Crippen LogP contribution in [0.15, 0.2) is 55.1 Å². The molecule has 0 unspecified atom stereocenters. The molecule has 8 nitrogen and oxygen atoms in total. The third kappa shape index (κ3) is 4.43. The van der Waals surface area contributed by atoms with Crippen molar-refractivity contribution in [3.63, 3.8) is 0 Å². The zero-order chi connectivity index (χ0) is 21.8. The number of hydrogen-bond acceptors (Lipinski definition) is 7. The molecule has 0 spiro atoms. The molecule has 0 fully saturated rings. The van der Waals surface area contributed by atoms with Gasteiger partial charge < -0.3 is 9.82 Å². The standard InChI is InChI=1S/C21H15Cl2N7O/c1-2-30(18-6-3-13(10-24)11-27-18)31-21-28-12-16(20-25-7-8-26-20)19(29-21)15-5-4-14(22)9-17(15)23/h3-9,11-12H,2H2,1H3,(H,25,26). The molecule has 10 heteroatoms. The van der Waals surface area contributed by atoms with E-state index < -0.39 is 0 Å². The smallest absolute Gasteiger partial charge is 0.343 e. The Morgan fingerprint density at radius 1 is 1.10 bits per heavy atom. The molecule has 4 rings (SSSR count). The van der Waals surface area contributed by atoms with Gasteiger partial charge in [-0.15, -0.1) is 0 Å². The number of nitrogens with zero attached hydrogens (tertiary/aromatic N) is 6. The summed E-state index contributed by atoms with van der Waals surface area (Å²) in [5.41, 5.74) is 2.30. The van der Waals surface area contributed by atoms with Crippen LogP contribution in [-0.4, -0.2) is 31.5 Å². The number of hydroxylamine groups is 1. The molecule has 0 saturated carbocycles. The number of aromatic nitrogens is 5. The number of imidazole rings is 1. The van der Waals surface area contributed by atoms with Crippen LogP contribution in [0.5, 0.6) is 6.01 Å². The van der Waals surface area contributed by atoms with Gasteiger partial charge >= 0.3 is 6.01 Å². The lowest BCUT2D eigenvalue weighted by Crippen LogP contribution is -2.28. The molecule has 0 saturated heterocycles. The Labute approximate surface area is 188 Å². The van der Waals surface area contributed by atoms with Crippen molar-refractivity contribution in [3.8, 4) is 34.7 Å². The molecule has 154 valence electrons. The summed E-state index contributed by atoms with van der Waals surface area (Å²) in [5.74, 6) is 1.11. The van der Waals surface area contributed by atoms with Crippen LogP contribution in [0.3, 0.4) is 0 Å². The second kappa shape index (κ2) is 9.00. The normalized spacial score (nSPS) is 10.5. The van der Waals surface area contributed by atoms with E-state index in [1.165, 1.54) is 11.3 Å². The number of nitrogens with one attached hydrogen (secondary N) is 1. The minimum absolute atomic E-state index is 0.101. The van der Waals surface area contributed by atoms with E-state index in [9.17, 15) is 0 Å². The maximum absolute atomic E-state index is 8.96. The zero-order valence-electron chi connectivity index (χ0n) is 16.3. The van der Waals surface area contributed by atoms with Gasteiger partial charge in [0, 0.05) is 35.4 Å². The Balaban J connectivity index is 1.74. The number of nitriles is 1. The van der Waals surface area contributed by atoms with E-state index in [-0.39, 0.29) is 6.01 Å². The van der Waals surface area contributed by atoms with Gasteiger partial charge in [0.25, 0.3) is 0 Å². The van der Waals surface area contributed by atoms with Crippen molar-refractivity contribution < 1.29 is 4.84 Å². The van der Waals surface area contributed by atoms with Gasteiger partial charge in [0.05, 0.1) is 28.4 Å². The molecule has 0 radical (unpaired) electrons. The van der Waals surface area contributed by atoms with Crippen LogP contribution in [0.4, 0.5) is 5.82 Å². The lowest BCUT2D eigenvalue weighted by molar-refractivity contribution is 0.259.